The smallest absolute Gasteiger partial charge is 0.335 e. The summed E-state index contributed by atoms with van der Waals surface area (Å²) in [4.78, 5) is 22.1. The first-order chi connectivity index (χ1) is 9.22. The van der Waals surface area contributed by atoms with Gasteiger partial charge >= 0.3 is 11.9 Å². The maximum Gasteiger partial charge on any atom is 0.335 e. The van der Waals surface area contributed by atoms with Crippen molar-refractivity contribution in [2.24, 2.45) is 0 Å². The SMILES string of the molecule is COc1cc(C(=O)O)cc(C(C)(C)CC(=O)O)c1OC. The molecule has 0 radical (unpaired) electrons. The maximum absolute atomic E-state index is 11.2. The number of methoxy groups -OCH3 is 2. The molecule has 0 aromatic heterocycles. The highest BCUT2D eigenvalue weighted by molar-refractivity contribution is 5.89. The average Bonchev–Trinajstić information content (AvgIpc) is 2.35. The van der Waals surface area contributed by atoms with Crippen LogP contribution in [-0.2, 0) is 10.2 Å². The summed E-state index contributed by atoms with van der Waals surface area (Å²) in [5.74, 6) is -1.47. The minimum absolute atomic E-state index is 0.0242. The molecule has 1 aromatic carbocycles. The van der Waals surface area contributed by atoms with E-state index < -0.39 is 17.4 Å². The second-order valence-corrected chi connectivity index (χ2v) is 5.02. The lowest BCUT2D eigenvalue weighted by atomic mass is 9.80. The van der Waals surface area contributed by atoms with Gasteiger partial charge in [-0.2, -0.15) is 0 Å². The molecule has 1 aromatic rings. The molecule has 0 heterocycles. The van der Waals surface area contributed by atoms with Crippen LogP contribution < -0.4 is 9.47 Å². The first-order valence-corrected chi connectivity index (χ1v) is 5.94. The van der Waals surface area contributed by atoms with Crippen LogP contribution in [0.4, 0.5) is 0 Å². The summed E-state index contributed by atoms with van der Waals surface area (Å²) in [6.07, 6.45) is -0.157. The average molecular weight is 282 g/mol. The number of rotatable bonds is 6. The fourth-order valence-corrected chi connectivity index (χ4v) is 2.06. The van der Waals surface area contributed by atoms with E-state index >= 15 is 0 Å². The first kappa shape index (κ1) is 15.8. The molecule has 0 bridgehead atoms. The molecular weight excluding hydrogens is 264 g/mol. The Kier molecular flexibility index (Phi) is 4.60. The quantitative estimate of drug-likeness (QED) is 0.830. The summed E-state index contributed by atoms with van der Waals surface area (Å²) >= 11 is 0. The molecule has 0 aliphatic rings. The van der Waals surface area contributed by atoms with E-state index in [0.29, 0.717) is 11.3 Å². The second kappa shape index (κ2) is 5.81. The fraction of sp³-hybridized carbons (Fsp3) is 0.429. The van der Waals surface area contributed by atoms with Crippen LogP contribution in [0.3, 0.4) is 0 Å². The third-order valence-electron chi connectivity index (χ3n) is 3.05. The van der Waals surface area contributed by atoms with E-state index in [1.807, 2.05) is 0 Å². The zero-order valence-electron chi connectivity index (χ0n) is 11.9. The van der Waals surface area contributed by atoms with Crippen LogP contribution in [-0.4, -0.2) is 36.4 Å². The fourth-order valence-electron chi connectivity index (χ4n) is 2.06. The second-order valence-electron chi connectivity index (χ2n) is 5.02. The molecule has 2 N–H and O–H groups in total. The summed E-state index contributed by atoms with van der Waals surface area (Å²) in [5, 5.41) is 18.1. The summed E-state index contributed by atoms with van der Waals surface area (Å²) in [7, 11) is 2.83. The third-order valence-corrected chi connectivity index (χ3v) is 3.05. The molecule has 0 saturated carbocycles. The van der Waals surface area contributed by atoms with E-state index in [4.69, 9.17) is 19.7 Å². The standard InChI is InChI=1S/C14H18O6/c1-14(2,7-11(15)16)9-5-8(13(17)18)6-10(19-3)12(9)20-4/h5-6H,7H2,1-4H3,(H,15,16)(H,17,18). The van der Waals surface area contributed by atoms with Gasteiger partial charge in [0.05, 0.1) is 26.2 Å². The van der Waals surface area contributed by atoms with E-state index in [1.54, 1.807) is 13.8 Å². The number of carboxylic acids is 2. The van der Waals surface area contributed by atoms with Crippen LogP contribution in [0.1, 0.15) is 36.2 Å². The van der Waals surface area contributed by atoms with Gasteiger partial charge in [0, 0.05) is 11.0 Å². The molecule has 0 aliphatic carbocycles. The maximum atomic E-state index is 11.2. The molecule has 0 fully saturated rings. The Labute approximate surface area is 116 Å². The van der Waals surface area contributed by atoms with Gasteiger partial charge in [-0.25, -0.2) is 4.79 Å². The van der Waals surface area contributed by atoms with Gasteiger partial charge in [-0.05, 0) is 12.1 Å². The Morgan fingerprint density at radius 2 is 1.75 bits per heavy atom. The van der Waals surface area contributed by atoms with Gasteiger partial charge in [-0.3, -0.25) is 4.79 Å². The Morgan fingerprint density at radius 3 is 2.15 bits per heavy atom. The minimum Gasteiger partial charge on any atom is -0.493 e. The van der Waals surface area contributed by atoms with Crippen molar-refractivity contribution in [2.45, 2.75) is 25.7 Å². The zero-order valence-corrected chi connectivity index (χ0v) is 11.9. The van der Waals surface area contributed by atoms with Gasteiger partial charge in [0.15, 0.2) is 11.5 Å². The lowest BCUT2D eigenvalue weighted by Crippen LogP contribution is -2.23. The van der Waals surface area contributed by atoms with Gasteiger partial charge in [-0.15, -0.1) is 0 Å². The lowest BCUT2D eigenvalue weighted by molar-refractivity contribution is -0.138. The lowest BCUT2D eigenvalue weighted by Gasteiger charge is -2.26. The van der Waals surface area contributed by atoms with Gasteiger partial charge in [-0.1, -0.05) is 13.8 Å². The predicted molar refractivity (Wildman–Crippen MR) is 71.8 cm³/mol. The molecule has 0 aliphatic heterocycles. The number of carboxylic acid groups (broad SMARTS) is 2. The Bertz CT molecular complexity index is 533. The number of aliphatic carboxylic acids is 1. The predicted octanol–water partition coefficient (Wildman–Crippen LogP) is 2.15. The van der Waals surface area contributed by atoms with E-state index in [2.05, 4.69) is 0 Å². The van der Waals surface area contributed by atoms with Crippen molar-refractivity contribution in [3.8, 4) is 11.5 Å². The Balaban J connectivity index is 3.52. The van der Waals surface area contributed by atoms with Crippen LogP contribution in [0.2, 0.25) is 0 Å². The Hall–Kier alpha value is -2.24. The molecular formula is C14H18O6. The minimum atomic E-state index is -1.11. The van der Waals surface area contributed by atoms with Crippen LogP contribution in [0, 0.1) is 0 Å². The van der Waals surface area contributed by atoms with E-state index in [9.17, 15) is 9.59 Å². The van der Waals surface area contributed by atoms with E-state index in [1.165, 1.54) is 26.4 Å². The third kappa shape index (κ3) is 3.20. The van der Waals surface area contributed by atoms with Gasteiger partial charge in [0.25, 0.3) is 0 Å². The van der Waals surface area contributed by atoms with E-state index in [-0.39, 0.29) is 17.7 Å². The summed E-state index contributed by atoms with van der Waals surface area (Å²) < 4.78 is 10.4. The van der Waals surface area contributed by atoms with Crippen molar-refractivity contribution in [3.63, 3.8) is 0 Å². The number of hydrogen-bond donors (Lipinski definition) is 2. The molecule has 0 amide bonds. The molecule has 6 nitrogen and oxygen atoms in total. The molecule has 0 unspecified atom stereocenters. The van der Waals surface area contributed by atoms with Crippen molar-refractivity contribution < 1.29 is 29.3 Å². The molecule has 110 valence electrons. The largest absolute Gasteiger partial charge is 0.493 e. The first-order valence-electron chi connectivity index (χ1n) is 5.94. The molecule has 20 heavy (non-hydrogen) atoms. The summed E-state index contributed by atoms with van der Waals surface area (Å²) in [6.45, 7) is 3.42. The highest BCUT2D eigenvalue weighted by Gasteiger charge is 2.30. The van der Waals surface area contributed by atoms with Gasteiger partial charge < -0.3 is 19.7 Å². The molecule has 1 rings (SSSR count). The topological polar surface area (TPSA) is 93.1 Å². The van der Waals surface area contributed by atoms with Crippen molar-refractivity contribution in [3.05, 3.63) is 23.3 Å². The summed E-state index contributed by atoms with van der Waals surface area (Å²) in [6, 6.07) is 2.77. The number of carbonyl (C=O) groups is 2. The van der Waals surface area contributed by atoms with Crippen molar-refractivity contribution in [1.82, 2.24) is 0 Å². The normalized spacial score (nSPS) is 11.0. The molecule has 0 atom stereocenters. The van der Waals surface area contributed by atoms with Crippen LogP contribution in [0.5, 0.6) is 11.5 Å². The van der Waals surface area contributed by atoms with Crippen molar-refractivity contribution in [1.29, 1.82) is 0 Å². The summed E-state index contributed by atoms with van der Waals surface area (Å²) in [5.41, 5.74) is -0.286. The molecule has 6 heteroatoms. The number of ether oxygens (including phenoxy) is 2. The van der Waals surface area contributed by atoms with Crippen molar-refractivity contribution >= 4 is 11.9 Å². The molecule has 0 spiro atoms. The number of benzene rings is 1. The molecule has 0 saturated heterocycles. The van der Waals surface area contributed by atoms with Crippen LogP contribution >= 0.6 is 0 Å². The highest BCUT2D eigenvalue weighted by Crippen LogP contribution is 2.41. The van der Waals surface area contributed by atoms with Gasteiger partial charge in [0.2, 0.25) is 0 Å². The van der Waals surface area contributed by atoms with Crippen molar-refractivity contribution in [2.75, 3.05) is 14.2 Å². The number of aromatic carboxylic acids is 1. The highest BCUT2D eigenvalue weighted by atomic mass is 16.5. The zero-order chi connectivity index (χ0) is 15.5. The van der Waals surface area contributed by atoms with Crippen LogP contribution in [0.25, 0.3) is 0 Å². The number of hydrogen-bond acceptors (Lipinski definition) is 4. The van der Waals surface area contributed by atoms with Crippen LogP contribution in [0.15, 0.2) is 12.1 Å². The Morgan fingerprint density at radius 1 is 1.15 bits per heavy atom. The monoisotopic (exact) mass is 282 g/mol. The van der Waals surface area contributed by atoms with E-state index in [0.717, 1.165) is 0 Å². The van der Waals surface area contributed by atoms with Gasteiger partial charge in [0.1, 0.15) is 0 Å².